The van der Waals surface area contributed by atoms with Gasteiger partial charge in [0, 0.05) is 29.3 Å². The summed E-state index contributed by atoms with van der Waals surface area (Å²) in [4.78, 5) is 30.5. The first-order valence-electron chi connectivity index (χ1n) is 7.79. The first-order chi connectivity index (χ1) is 11.5. The lowest BCUT2D eigenvalue weighted by Crippen LogP contribution is -2.32. The van der Waals surface area contributed by atoms with Gasteiger partial charge in [0.15, 0.2) is 0 Å². The number of aryl methyl sites for hydroxylation is 1. The molecule has 2 aromatic rings. The van der Waals surface area contributed by atoms with Crippen molar-refractivity contribution in [3.63, 3.8) is 0 Å². The largest absolute Gasteiger partial charge is 0.350 e. The first-order valence-corrected chi connectivity index (χ1v) is 8.58. The molecule has 1 aliphatic rings. The van der Waals surface area contributed by atoms with Crippen molar-refractivity contribution in [3.8, 4) is 0 Å². The van der Waals surface area contributed by atoms with Gasteiger partial charge in [0.1, 0.15) is 0 Å². The number of carbonyl (C=O) groups is 2. The normalized spacial score (nSPS) is 17.2. The Balaban J connectivity index is 1.63. The van der Waals surface area contributed by atoms with E-state index >= 15 is 0 Å². The number of benzene rings is 1. The molecule has 3 rings (SSSR count). The average molecular weight is 388 g/mol. The molecular formula is C18H18BrN3O2. The van der Waals surface area contributed by atoms with Crippen LogP contribution in [-0.2, 0) is 16.1 Å². The molecule has 1 atom stereocenters. The molecule has 1 aromatic carbocycles. The van der Waals surface area contributed by atoms with Crippen LogP contribution in [0.15, 0.2) is 47.1 Å². The van der Waals surface area contributed by atoms with Gasteiger partial charge in [-0.25, -0.2) is 0 Å². The highest BCUT2D eigenvalue weighted by molar-refractivity contribution is 9.10. The molecule has 0 spiro atoms. The van der Waals surface area contributed by atoms with Crippen LogP contribution < -0.4 is 10.2 Å². The smallest absolute Gasteiger partial charge is 0.227 e. The van der Waals surface area contributed by atoms with Crippen LogP contribution in [0.25, 0.3) is 0 Å². The van der Waals surface area contributed by atoms with Crippen LogP contribution in [-0.4, -0.2) is 23.3 Å². The van der Waals surface area contributed by atoms with Gasteiger partial charge in [-0.2, -0.15) is 0 Å². The van der Waals surface area contributed by atoms with Gasteiger partial charge < -0.3 is 10.2 Å². The van der Waals surface area contributed by atoms with Gasteiger partial charge >= 0.3 is 0 Å². The molecule has 1 N–H and O–H groups in total. The third-order valence-corrected chi connectivity index (χ3v) is 5.01. The van der Waals surface area contributed by atoms with Gasteiger partial charge in [0.25, 0.3) is 0 Å². The maximum Gasteiger partial charge on any atom is 0.227 e. The summed E-state index contributed by atoms with van der Waals surface area (Å²) in [6.07, 6.45) is 1.93. The highest BCUT2D eigenvalue weighted by Gasteiger charge is 2.35. The van der Waals surface area contributed by atoms with E-state index in [-0.39, 0.29) is 24.2 Å². The third-order valence-electron chi connectivity index (χ3n) is 4.12. The number of anilines is 1. The van der Waals surface area contributed by atoms with Gasteiger partial charge in [-0.15, -0.1) is 0 Å². The van der Waals surface area contributed by atoms with Crippen LogP contribution in [0.4, 0.5) is 5.69 Å². The number of carbonyl (C=O) groups excluding carboxylic acids is 2. The molecule has 2 heterocycles. The molecular weight excluding hydrogens is 370 g/mol. The fourth-order valence-corrected chi connectivity index (χ4v) is 3.00. The van der Waals surface area contributed by atoms with Crippen molar-refractivity contribution in [1.29, 1.82) is 0 Å². The van der Waals surface area contributed by atoms with E-state index in [1.165, 1.54) is 0 Å². The predicted molar refractivity (Wildman–Crippen MR) is 95.4 cm³/mol. The van der Waals surface area contributed by atoms with Crippen LogP contribution in [0.5, 0.6) is 0 Å². The molecule has 0 unspecified atom stereocenters. The lowest BCUT2D eigenvalue weighted by molar-refractivity contribution is -0.126. The molecule has 1 fully saturated rings. The van der Waals surface area contributed by atoms with Crippen LogP contribution in [0.3, 0.4) is 0 Å². The van der Waals surface area contributed by atoms with Crippen molar-refractivity contribution in [2.24, 2.45) is 5.92 Å². The molecule has 0 saturated carbocycles. The molecule has 0 radical (unpaired) electrons. The van der Waals surface area contributed by atoms with Gasteiger partial charge in [-0.1, -0.05) is 22.0 Å². The van der Waals surface area contributed by atoms with Gasteiger partial charge in [0.2, 0.25) is 11.8 Å². The average Bonchev–Trinajstić information content (AvgIpc) is 2.98. The van der Waals surface area contributed by atoms with E-state index in [1.54, 1.807) is 11.1 Å². The van der Waals surface area contributed by atoms with E-state index in [2.05, 4.69) is 26.2 Å². The monoisotopic (exact) mass is 387 g/mol. The van der Waals surface area contributed by atoms with Gasteiger partial charge in [0.05, 0.1) is 18.2 Å². The van der Waals surface area contributed by atoms with Crippen molar-refractivity contribution < 1.29 is 9.59 Å². The number of nitrogens with zero attached hydrogens (tertiary/aromatic N) is 2. The van der Waals surface area contributed by atoms with Crippen molar-refractivity contribution in [2.45, 2.75) is 19.9 Å². The number of hydrogen-bond acceptors (Lipinski definition) is 3. The molecule has 124 valence electrons. The van der Waals surface area contributed by atoms with E-state index < -0.39 is 0 Å². The van der Waals surface area contributed by atoms with Crippen LogP contribution in [0, 0.1) is 12.8 Å². The number of nitrogens with one attached hydrogen (secondary N) is 1. The van der Waals surface area contributed by atoms with Gasteiger partial charge in [-0.3, -0.25) is 14.6 Å². The molecule has 0 bridgehead atoms. The Labute approximate surface area is 149 Å². The second-order valence-electron chi connectivity index (χ2n) is 5.88. The maximum atomic E-state index is 12.3. The lowest BCUT2D eigenvalue weighted by Gasteiger charge is -2.17. The summed E-state index contributed by atoms with van der Waals surface area (Å²) in [5.74, 6) is -0.454. The minimum absolute atomic E-state index is 0.0188. The number of halogens is 1. The number of rotatable bonds is 4. The Morgan fingerprint density at radius 2 is 2.21 bits per heavy atom. The topological polar surface area (TPSA) is 62.3 Å². The van der Waals surface area contributed by atoms with Gasteiger partial charge in [-0.05, 0) is 42.8 Å². The zero-order valence-corrected chi connectivity index (χ0v) is 14.9. The number of amides is 2. The molecule has 2 amide bonds. The molecule has 24 heavy (non-hydrogen) atoms. The minimum Gasteiger partial charge on any atom is -0.350 e. The first kappa shape index (κ1) is 16.6. The Morgan fingerprint density at radius 1 is 1.38 bits per heavy atom. The zero-order valence-electron chi connectivity index (χ0n) is 13.3. The maximum absolute atomic E-state index is 12.3. The Morgan fingerprint density at radius 3 is 2.92 bits per heavy atom. The second-order valence-corrected chi connectivity index (χ2v) is 6.73. The summed E-state index contributed by atoms with van der Waals surface area (Å²) in [5.41, 5.74) is 2.69. The predicted octanol–water partition coefficient (Wildman–Crippen LogP) is 2.82. The Hall–Kier alpha value is -2.21. The molecule has 6 heteroatoms. The SMILES string of the molecule is Cc1cc(N2C[C@@H](C(=O)NCc3ccccn3)CC2=O)ccc1Br. The summed E-state index contributed by atoms with van der Waals surface area (Å²) in [5, 5.41) is 2.87. The van der Waals surface area contributed by atoms with Crippen LogP contribution >= 0.6 is 15.9 Å². The highest BCUT2D eigenvalue weighted by atomic mass is 79.9. The summed E-state index contributed by atoms with van der Waals surface area (Å²) < 4.78 is 1.00. The van der Waals surface area contributed by atoms with E-state index in [9.17, 15) is 9.59 Å². The van der Waals surface area contributed by atoms with Crippen molar-refractivity contribution in [3.05, 3.63) is 58.3 Å². The van der Waals surface area contributed by atoms with Crippen molar-refractivity contribution in [2.75, 3.05) is 11.4 Å². The van der Waals surface area contributed by atoms with E-state index in [0.717, 1.165) is 21.4 Å². The number of pyridine rings is 1. The van der Waals surface area contributed by atoms with Crippen molar-refractivity contribution >= 4 is 33.4 Å². The standard InChI is InChI=1S/C18H18BrN3O2/c1-12-8-15(5-6-16(12)19)22-11-13(9-17(22)23)18(24)21-10-14-4-2-3-7-20-14/h2-8,13H,9-11H2,1H3,(H,21,24)/t13-/m0/s1. The molecule has 1 aliphatic heterocycles. The summed E-state index contributed by atoms with van der Waals surface area (Å²) in [6, 6.07) is 11.3. The Bertz CT molecular complexity index is 764. The molecule has 1 aromatic heterocycles. The quantitative estimate of drug-likeness (QED) is 0.876. The zero-order chi connectivity index (χ0) is 17.1. The highest BCUT2D eigenvalue weighted by Crippen LogP contribution is 2.28. The van der Waals surface area contributed by atoms with Crippen LogP contribution in [0.1, 0.15) is 17.7 Å². The van der Waals surface area contributed by atoms with Crippen LogP contribution in [0.2, 0.25) is 0 Å². The lowest BCUT2D eigenvalue weighted by atomic mass is 10.1. The molecule has 1 saturated heterocycles. The summed E-state index contributed by atoms with van der Waals surface area (Å²) in [6.45, 7) is 2.76. The second kappa shape index (κ2) is 7.13. The third kappa shape index (κ3) is 3.64. The Kier molecular flexibility index (Phi) is 4.94. The molecule has 0 aliphatic carbocycles. The number of aromatic nitrogens is 1. The fraction of sp³-hybridized carbons (Fsp3) is 0.278. The minimum atomic E-state index is -0.329. The summed E-state index contributed by atoms with van der Waals surface area (Å²) in [7, 11) is 0. The van der Waals surface area contributed by atoms with E-state index in [0.29, 0.717) is 13.1 Å². The fourth-order valence-electron chi connectivity index (χ4n) is 2.75. The van der Waals surface area contributed by atoms with E-state index in [1.807, 2.05) is 43.3 Å². The number of hydrogen-bond donors (Lipinski definition) is 1. The summed E-state index contributed by atoms with van der Waals surface area (Å²) >= 11 is 3.46. The van der Waals surface area contributed by atoms with Crippen molar-refractivity contribution in [1.82, 2.24) is 10.3 Å². The van der Waals surface area contributed by atoms with E-state index in [4.69, 9.17) is 0 Å². The molecule has 5 nitrogen and oxygen atoms in total.